The lowest BCUT2D eigenvalue weighted by Crippen LogP contribution is -2.19. The lowest BCUT2D eigenvalue weighted by molar-refractivity contribution is 0.0531. The predicted molar refractivity (Wildman–Crippen MR) is 58.0 cm³/mol. The molecule has 0 bridgehead atoms. The number of carbonyl (C=O) groups excluding carboxylic acids is 1. The van der Waals surface area contributed by atoms with Crippen molar-refractivity contribution in [1.29, 1.82) is 0 Å². The Morgan fingerprint density at radius 2 is 2.40 bits per heavy atom. The maximum Gasteiger partial charge on any atom is 0.350 e. The van der Waals surface area contributed by atoms with E-state index in [9.17, 15) is 4.79 Å². The average molecular weight is 249 g/mol. The molecule has 0 aliphatic rings. The molecule has 6 nitrogen and oxygen atoms in total. The lowest BCUT2D eigenvalue weighted by Gasteiger charge is -2.00. The Hall–Kier alpha value is -1.34. The van der Waals surface area contributed by atoms with E-state index in [-0.39, 0.29) is 27.5 Å². The molecule has 1 aromatic rings. The first-order chi connectivity index (χ1) is 7.10. The molecule has 0 saturated carbocycles. The van der Waals surface area contributed by atoms with Gasteiger partial charge in [-0.2, -0.15) is 5.10 Å². The number of hydrogen-bond donors (Lipinski definition) is 2. The number of nitrogens with two attached hydrogens (primary N) is 2. The number of aromatic nitrogens is 1. The minimum Gasteiger partial charge on any atom is -0.462 e. The topological polar surface area (TPSA) is 104 Å². The summed E-state index contributed by atoms with van der Waals surface area (Å²) in [6, 6.07) is 0. The van der Waals surface area contributed by atoms with E-state index < -0.39 is 5.97 Å². The molecule has 1 aromatic heterocycles. The van der Waals surface area contributed by atoms with Gasteiger partial charge in [0.15, 0.2) is 10.3 Å². The van der Waals surface area contributed by atoms with Crippen molar-refractivity contribution in [1.82, 2.24) is 4.98 Å². The van der Waals surface area contributed by atoms with E-state index in [0.717, 1.165) is 11.3 Å². The van der Waals surface area contributed by atoms with Crippen LogP contribution in [0.5, 0.6) is 0 Å². The van der Waals surface area contributed by atoms with E-state index in [0.29, 0.717) is 0 Å². The molecule has 1 heterocycles. The molecule has 4 N–H and O–H groups in total. The number of ether oxygens (including phenoxy) is 1. The Morgan fingerprint density at radius 1 is 1.73 bits per heavy atom. The van der Waals surface area contributed by atoms with Gasteiger partial charge in [-0.1, -0.05) is 22.9 Å². The summed E-state index contributed by atoms with van der Waals surface area (Å²) in [4.78, 5) is 15.5. The first-order valence-electron chi connectivity index (χ1n) is 3.97. The highest BCUT2D eigenvalue weighted by atomic mass is 35.5. The lowest BCUT2D eigenvalue weighted by atomic mass is 10.3. The number of hydrogen-bond acceptors (Lipinski definition) is 6. The normalized spacial score (nSPS) is 11.5. The molecule has 0 aliphatic carbocycles. The van der Waals surface area contributed by atoms with Crippen molar-refractivity contribution in [3.05, 3.63) is 15.0 Å². The molecular weight excluding hydrogens is 240 g/mol. The number of amidine groups is 1. The van der Waals surface area contributed by atoms with Crippen LogP contribution in [0, 0.1) is 0 Å². The minimum atomic E-state index is -0.538. The quantitative estimate of drug-likeness (QED) is 0.267. The maximum atomic E-state index is 11.4. The van der Waals surface area contributed by atoms with Crippen LogP contribution in [-0.2, 0) is 4.74 Å². The van der Waals surface area contributed by atoms with E-state index in [4.69, 9.17) is 27.9 Å². The largest absolute Gasteiger partial charge is 0.462 e. The number of hydrazone groups is 1. The molecule has 0 aliphatic heterocycles. The van der Waals surface area contributed by atoms with Gasteiger partial charge in [0.25, 0.3) is 0 Å². The summed E-state index contributed by atoms with van der Waals surface area (Å²) in [5.74, 6) is 4.40. The second-order valence-corrected chi connectivity index (χ2v) is 3.96. The molecule has 0 spiro atoms. The van der Waals surface area contributed by atoms with Crippen molar-refractivity contribution >= 4 is 34.7 Å². The monoisotopic (exact) mass is 248 g/mol. The van der Waals surface area contributed by atoms with Crippen molar-refractivity contribution in [2.45, 2.75) is 6.92 Å². The van der Waals surface area contributed by atoms with Gasteiger partial charge in [-0.15, -0.1) is 0 Å². The highest BCUT2D eigenvalue weighted by Gasteiger charge is 2.20. The number of halogens is 1. The molecule has 8 heteroatoms. The molecule has 0 amide bonds. The number of thiazole rings is 1. The van der Waals surface area contributed by atoms with Gasteiger partial charge < -0.3 is 16.3 Å². The van der Waals surface area contributed by atoms with Gasteiger partial charge in [-0.3, -0.25) is 0 Å². The van der Waals surface area contributed by atoms with Crippen molar-refractivity contribution < 1.29 is 9.53 Å². The summed E-state index contributed by atoms with van der Waals surface area (Å²) in [7, 11) is 0. The number of carbonyl (C=O) groups is 1. The van der Waals surface area contributed by atoms with E-state index >= 15 is 0 Å². The van der Waals surface area contributed by atoms with Crippen molar-refractivity contribution in [2.24, 2.45) is 16.7 Å². The molecule has 0 fully saturated rings. The third-order valence-corrected chi connectivity index (χ3v) is 2.58. The van der Waals surface area contributed by atoms with Crippen LogP contribution in [0.15, 0.2) is 5.10 Å². The van der Waals surface area contributed by atoms with Crippen LogP contribution in [0.4, 0.5) is 0 Å². The Kier molecular flexibility index (Phi) is 3.87. The minimum absolute atomic E-state index is 0.0544. The second kappa shape index (κ2) is 4.94. The molecule has 1 rings (SSSR count). The summed E-state index contributed by atoms with van der Waals surface area (Å²) in [5, 5.41) is 3.25. The van der Waals surface area contributed by atoms with Crippen molar-refractivity contribution in [3.8, 4) is 0 Å². The van der Waals surface area contributed by atoms with Gasteiger partial charge >= 0.3 is 5.97 Å². The van der Waals surface area contributed by atoms with Crippen LogP contribution in [0.1, 0.15) is 22.3 Å². The molecule has 0 radical (unpaired) electrons. The Balaban J connectivity index is 3.11. The standard InChI is InChI=1S/C7H9ClN4O2S/c1-2-14-6(13)4-3(5(9)12-10)11-7(8)15-4/h2,10H2,1H3,(H2,9,12). The summed E-state index contributed by atoms with van der Waals surface area (Å²) in [5.41, 5.74) is 5.60. The van der Waals surface area contributed by atoms with Crippen LogP contribution in [0.3, 0.4) is 0 Å². The van der Waals surface area contributed by atoms with Gasteiger partial charge in [0, 0.05) is 0 Å². The SMILES string of the molecule is CCOC(=O)c1sc(Cl)nc1/C(N)=N/N. The Morgan fingerprint density at radius 3 is 2.93 bits per heavy atom. The molecule has 15 heavy (non-hydrogen) atoms. The summed E-state index contributed by atoms with van der Waals surface area (Å²) in [6.07, 6.45) is 0. The maximum absolute atomic E-state index is 11.4. The average Bonchev–Trinajstić information content (AvgIpc) is 2.59. The summed E-state index contributed by atoms with van der Waals surface area (Å²) < 4.78 is 4.98. The van der Waals surface area contributed by atoms with E-state index in [1.165, 1.54) is 0 Å². The first-order valence-corrected chi connectivity index (χ1v) is 5.16. The molecular formula is C7H9ClN4O2S. The van der Waals surface area contributed by atoms with Gasteiger partial charge in [0.1, 0.15) is 10.6 Å². The van der Waals surface area contributed by atoms with Crippen molar-refractivity contribution in [3.63, 3.8) is 0 Å². The molecule has 0 atom stereocenters. The number of esters is 1. The fourth-order valence-corrected chi connectivity index (χ4v) is 1.87. The second-order valence-electron chi connectivity index (χ2n) is 2.38. The third kappa shape index (κ3) is 2.57. The predicted octanol–water partition coefficient (Wildman–Crippen LogP) is 0.552. The zero-order chi connectivity index (χ0) is 11.4. The van der Waals surface area contributed by atoms with Crippen LogP contribution in [-0.4, -0.2) is 23.4 Å². The van der Waals surface area contributed by atoms with E-state index in [1.54, 1.807) is 6.92 Å². The molecule has 0 saturated heterocycles. The zero-order valence-electron chi connectivity index (χ0n) is 7.86. The molecule has 0 unspecified atom stereocenters. The van der Waals surface area contributed by atoms with Gasteiger partial charge in [-0.05, 0) is 6.92 Å². The highest BCUT2D eigenvalue weighted by Crippen LogP contribution is 2.23. The van der Waals surface area contributed by atoms with Gasteiger partial charge in [0.2, 0.25) is 0 Å². The van der Waals surface area contributed by atoms with Gasteiger partial charge in [-0.25, -0.2) is 9.78 Å². The smallest absolute Gasteiger partial charge is 0.350 e. The summed E-state index contributed by atoms with van der Waals surface area (Å²) in [6.45, 7) is 1.95. The third-order valence-electron chi connectivity index (χ3n) is 1.44. The van der Waals surface area contributed by atoms with Crippen molar-refractivity contribution in [2.75, 3.05) is 6.61 Å². The van der Waals surface area contributed by atoms with Crippen LogP contribution < -0.4 is 11.6 Å². The molecule has 82 valence electrons. The fourth-order valence-electron chi connectivity index (χ4n) is 0.864. The fraction of sp³-hybridized carbons (Fsp3) is 0.286. The first kappa shape index (κ1) is 11.7. The molecule has 0 aromatic carbocycles. The highest BCUT2D eigenvalue weighted by molar-refractivity contribution is 7.17. The Bertz CT molecular complexity index is 404. The number of rotatable bonds is 3. The van der Waals surface area contributed by atoms with Gasteiger partial charge in [0.05, 0.1) is 6.61 Å². The zero-order valence-corrected chi connectivity index (χ0v) is 9.43. The number of nitrogens with zero attached hydrogens (tertiary/aromatic N) is 2. The Labute approximate surface area is 94.9 Å². The van der Waals surface area contributed by atoms with Crippen LogP contribution in [0.2, 0.25) is 4.47 Å². The van der Waals surface area contributed by atoms with E-state index in [1.807, 2.05) is 0 Å². The summed E-state index contributed by atoms with van der Waals surface area (Å²) >= 11 is 6.63. The van der Waals surface area contributed by atoms with Crippen LogP contribution in [0.25, 0.3) is 0 Å². The van der Waals surface area contributed by atoms with Crippen LogP contribution >= 0.6 is 22.9 Å². The van der Waals surface area contributed by atoms with E-state index in [2.05, 4.69) is 10.1 Å².